The SMILES string of the molecule is COC(CC(C)(O)C=C(C)C)OC. The van der Waals surface area contributed by atoms with E-state index in [1.807, 2.05) is 13.8 Å². The predicted octanol–water partition coefficient (Wildman–Crippen LogP) is 1.71. The fourth-order valence-electron chi connectivity index (χ4n) is 1.28. The maximum absolute atomic E-state index is 9.88. The minimum Gasteiger partial charge on any atom is -0.386 e. The maximum atomic E-state index is 9.88. The Balaban J connectivity index is 4.22. The second-order valence-corrected chi connectivity index (χ2v) is 3.68. The molecular weight excluding hydrogens is 168 g/mol. The van der Waals surface area contributed by atoms with Crippen LogP contribution in [0.3, 0.4) is 0 Å². The van der Waals surface area contributed by atoms with Crippen LogP contribution in [0.4, 0.5) is 0 Å². The van der Waals surface area contributed by atoms with Crippen molar-refractivity contribution in [3.05, 3.63) is 11.6 Å². The minimum atomic E-state index is -0.866. The van der Waals surface area contributed by atoms with Crippen LogP contribution in [-0.2, 0) is 9.47 Å². The lowest BCUT2D eigenvalue weighted by atomic mass is 9.99. The summed E-state index contributed by atoms with van der Waals surface area (Å²) in [6, 6.07) is 0. The molecule has 0 aromatic rings. The summed E-state index contributed by atoms with van der Waals surface area (Å²) in [5.74, 6) is 0. The Kier molecular flexibility index (Phi) is 5.21. The second kappa shape index (κ2) is 5.37. The van der Waals surface area contributed by atoms with Gasteiger partial charge in [0.25, 0.3) is 0 Å². The molecule has 1 atom stereocenters. The van der Waals surface area contributed by atoms with Crippen LogP contribution in [0.5, 0.6) is 0 Å². The van der Waals surface area contributed by atoms with Gasteiger partial charge in [-0.05, 0) is 20.8 Å². The fraction of sp³-hybridized carbons (Fsp3) is 0.800. The van der Waals surface area contributed by atoms with Crippen molar-refractivity contribution < 1.29 is 14.6 Å². The number of allylic oxidation sites excluding steroid dienone is 1. The smallest absolute Gasteiger partial charge is 0.159 e. The van der Waals surface area contributed by atoms with Gasteiger partial charge < -0.3 is 14.6 Å². The number of methoxy groups -OCH3 is 2. The van der Waals surface area contributed by atoms with E-state index < -0.39 is 5.60 Å². The Morgan fingerprint density at radius 3 is 2.15 bits per heavy atom. The van der Waals surface area contributed by atoms with Gasteiger partial charge in [-0.15, -0.1) is 0 Å². The van der Waals surface area contributed by atoms with E-state index >= 15 is 0 Å². The molecular formula is C10H20O3. The summed E-state index contributed by atoms with van der Waals surface area (Å²) >= 11 is 0. The highest BCUT2D eigenvalue weighted by Gasteiger charge is 2.22. The van der Waals surface area contributed by atoms with Gasteiger partial charge >= 0.3 is 0 Å². The van der Waals surface area contributed by atoms with E-state index in [0.29, 0.717) is 6.42 Å². The van der Waals surface area contributed by atoms with Gasteiger partial charge in [0, 0.05) is 20.6 Å². The number of hydrogen-bond donors (Lipinski definition) is 1. The monoisotopic (exact) mass is 188 g/mol. The normalized spacial score (nSPS) is 15.6. The summed E-state index contributed by atoms with van der Waals surface area (Å²) in [5.41, 5.74) is 0.214. The quantitative estimate of drug-likeness (QED) is 0.527. The van der Waals surface area contributed by atoms with E-state index in [-0.39, 0.29) is 6.29 Å². The van der Waals surface area contributed by atoms with Crippen LogP contribution in [0, 0.1) is 0 Å². The average Bonchev–Trinajstić information content (AvgIpc) is 1.97. The summed E-state index contributed by atoms with van der Waals surface area (Å²) in [4.78, 5) is 0. The van der Waals surface area contributed by atoms with Gasteiger partial charge in [0.1, 0.15) is 0 Å². The van der Waals surface area contributed by atoms with E-state index in [2.05, 4.69) is 0 Å². The first-order valence-corrected chi connectivity index (χ1v) is 4.35. The third-order valence-corrected chi connectivity index (χ3v) is 1.71. The van der Waals surface area contributed by atoms with Gasteiger partial charge in [-0.1, -0.05) is 11.6 Å². The molecule has 0 saturated heterocycles. The molecule has 78 valence electrons. The molecule has 0 aliphatic heterocycles. The van der Waals surface area contributed by atoms with E-state index in [1.54, 1.807) is 27.2 Å². The largest absolute Gasteiger partial charge is 0.386 e. The van der Waals surface area contributed by atoms with Crippen LogP contribution in [0.15, 0.2) is 11.6 Å². The topological polar surface area (TPSA) is 38.7 Å². The summed E-state index contributed by atoms with van der Waals surface area (Å²) in [7, 11) is 3.12. The molecule has 0 aliphatic carbocycles. The molecule has 0 aliphatic rings. The summed E-state index contributed by atoms with van der Waals surface area (Å²) in [6.45, 7) is 5.64. The Morgan fingerprint density at radius 1 is 1.38 bits per heavy atom. The van der Waals surface area contributed by atoms with Gasteiger partial charge in [-0.3, -0.25) is 0 Å². The molecule has 1 unspecified atom stereocenters. The summed E-state index contributed by atoms with van der Waals surface area (Å²) in [6.07, 6.45) is 1.88. The van der Waals surface area contributed by atoms with Crippen LogP contribution in [0.2, 0.25) is 0 Å². The van der Waals surface area contributed by atoms with Crippen LogP contribution in [0.1, 0.15) is 27.2 Å². The second-order valence-electron chi connectivity index (χ2n) is 3.68. The molecule has 0 aromatic heterocycles. The van der Waals surface area contributed by atoms with Gasteiger partial charge in [0.2, 0.25) is 0 Å². The van der Waals surface area contributed by atoms with Gasteiger partial charge in [0.15, 0.2) is 6.29 Å². The summed E-state index contributed by atoms with van der Waals surface area (Å²) < 4.78 is 10.0. The summed E-state index contributed by atoms with van der Waals surface area (Å²) in [5, 5.41) is 9.88. The van der Waals surface area contributed by atoms with Crippen LogP contribution in [-0.4, -0.2) is 31.2 Å². The molecule has 0 aromatic carbocycles. The fourth-order valence-corrected chi connectivity index (χ4v) is 1.28. The number of hydrogen-bond acceptors (Lipinski definition) is 3. The van der Waals surface area contributed by atoms with E-state index in [4.69, 9.17) is 9.47 Å². The zero-order valence-electron chi connectivity index (χ0n) is 9.13. The van der Waals surface area contributed by atoms with Crippen molar-refractivity contribution in [1.29, 1.82) is 0 Å². The minimum absolute atomic E-state index is 0.356. The zero-order valence-corrected chi connectivity index (χ0v) is 9.13. The molecule has 0 heterocycles. The van der Waals surface area contributed by atoms with Gasteiger partial charge in [-0.2, -0.15) is 0 Å². The lowest BCUT2D eigenvalue weighted by molar-refractivity contribution is -0.131. The van der Waals surface area contributed by atoms with Crippen LogP contribution < -0.4 is 0 Å². The predicted molar refractivity (Wildman–Crippen MR) is 52.5 cm³/mol. The van der Waals surface area contributed by atoms with Crippen LogP contribution >= 0.6 is 0 Å². The standard InChI is InChI=1S/C10H20O3/c1-8(2)6-10(3,11)7-9(12-4)13-5/h6,9,11H,7H2,1-5H3. The van der Waals surface area contributed by atoms with Crippen molar-refractivity contribution in [1.82, 2.24) is 0 Å². The molecule has 0 fully saturated rings. The zero-order chi connectivity index (χ0) is 10.5. The van der Waals surface area contributed by atoms with Crippen LogP contribution in [0.25, 0.3) is 0 Å². The lowest BCUT2D eigenvalue weighted by Crippen LogP contribution is -2.30. The molecule has 3 nitrogen and oxygen atoms in total. The Hall–Kier alpha value is -0.380. The first-order chi connectivity index (χ1) is 5.91. The van der Waals surface area contributed by atoms with Gasteiger partial charge in [0.05, 0.1) is 5.60 Å². The molecule has 0 spiro atoms. The maximum Gasteiger partial charge on any atom is 0.159 e. The van der Waals surface area contributed by atoms with Crippen molar-refractivity contribution in [3.63, 3.8) is 0 Å². The van der Waals surface area contributed by atoms with E-state index in [0.717, 1.165) is 5.57 Å². The number of aliphatic hydroxyl groups is 1. The third-order valence-electron chi connectivity index (χ3n) is 1.71. The number of rotatable bonds is 5. The first-order valence-electron chi connectivity index (χ1n) is 4.35. The van der Waals surface area contributed by atoms with E-state index in [1.165, 1.54) is 0 Å². The molecule has 3 heteroatoms. The van der Waals surface area contributed by atoms with Crippen molar-refractivity contribution >= 4 is 0 Å². The first kappa shape index (κ1) is 12.6. The average molecular weight is 188 g/mol. The molecule has 0 rings (SSSR count). The molecule has 13 heavy (non-hydrogen) atoms. The van der Waals surface area contributed by atoms with Gasteiger partial charge in [-0.25, -0.2) is 0 Å². The van der Waals surface area contributed by atoms with E-state index in [9.17, 15) is 5.11 Å². The van der Waals surface area contributed by atoms with Crippen molar-refractivity contribution in [2.75, 3.05) is 14.2 Å². The van der Waals surface area contributed by atoms with Crippen molar-refractivity contribution in [3.8, 4) is 0 Å². The Morgan fingerprint density at radius 2 is 1.85 bits per heavy atom. The molecule has 0 saturated carbocycles. The molecule has 0 amide bonds. The lowest BCUT2D eigenvalue weighted by Gasteiger charge is -2.24. The molecule has 0 bridgehead atoms. The van der Waals surface area contributed by atoms with Crippen molar-refractivity contribution in [2.24, 2.45) is 0 Å². The Labute approximate surface area is 80.4 Å². The highest BCUT2D eigenvalue weighted by molar-refractivity contribution is 5.05. The molecule has 1 N–H and O–H groups in total. The third kappa shape index (κ3) is 5.80. The highest BCUT2D eigenvalue weighted by Crippen LogP contribution is 2.17. The highest BCUT2D eigenvalue weighted by atomic mass is 16.7. The van der Waals surface area contributed by atoms with Crippen molar-refractivity contribution in [2.45, 2.75) is 39.1 Å². The number of ether oxygens (including phenoxy) is 2. The Bertz CT molecular complexity index is 165. The molecule has 0 radical (unpaired) electrons.